The molecule has 1 aliphatic rings. The predicted molar refractivity (Wildman–Crippen MR) is 145 cm³/mol. The molecule has 0 saturated carbocycles. The number of aromatic nitrogens is 1. The van der Waals surface area contributed by atoms with E-state index >= 15 is 0 Å². The first kappa shape index (κ1) is 27.7. The number of carbonyl (C=O) groups is 3. The molecule has 10 nitrogen and oxygen atoms in total. The first-order valence-electron chi connectivity index (χ1n) is 11.7. The number of hydrogen-bond acceptors (Lipinski definition) is 8. The van der Waals surface area contributed by atoms with Crippen molar-refractivity contribution in [3.8, 4) is 23.3 Å². The Balaban J connectivity index is 1.50. The van der Waals surface area contributed by atoms with E-state index in [-0.39, 0.29) is 24.2 Å². The highest BCUT2D eigenvalue weighted by Crippen LogP contribution is 2.44. The minimum atomic E-state index is -4.28. The topological polar surface area (TPSA) is 152 Å². The SMILES string of the molecule is Cc1ccc(NC(=O)O)cc1C#CCCCC1(S(=O)(=O)c2ccc(Oc3ccncc3)cc2)SC(=O)NC1=O. The van der Waals surface area contributed by atoms with Crippen molar-refractivity contribution in [1.29, 1.82) is 0 Å². The summed E-state index contributed by atoms with van der Waals surface area (Å²) in [6, 6.07) is 13.9. The van der Waals surface area contributed by atoms with E-state index in [0.29, 0.717) is 34.5 Å². The third-order valence-electron chi connectivity index (χ3n) is 5.79. The standard InChI is InChI=1S/C27H23N3O7S2/c1-18-6-7-20(29-25(32)33)17-19(18)5-3-2-4-14-27(24(31)30-26(34)38-27)39(35,36)23-10-8-21(9-11-23)37-22-12-15-28-16-13-22/h6-13,15-17,29H,2,4,14H2,1H3,(H,32,33)(H,30,31,34). The summed E-state index contributed by atoms with van der Waals surface area (Å²) in [5, 5.41) is 12.5. The predicted octanol–water partition coefficient (Wildman–Crippen LogP) is 4.95. The Morgan fingerprint density at radius 3 is 2.44 bits per heavy atom. The number of ether oxygens (including phenoxy) is 1. The smallest absolute Gasteiger partial charge is 0.409 e. The lowest BCUT2D eigenvalue weighted by atomic mass is 10.1. The van der Waals surface area contributed by atoms with Crippen LogP contribution in [-0.2, 0) is 14.6 Å². The van der Waals surface area contributed by atoms with Gasteiger partial charge in [0.1, 0.15) is 11.5 Å². The molecule has 1 fully saturated rings. The summed E-state index contributed by atoms with van der Waals surface area (Å²) in [7, 11) is -4.28. The molecule has 1 unspecified atom stereocenters. The number of carbonyl (C=O) groups excluding carboxylic acids is 2. The minimum Gasteiger partial charge on any atom is -0.465 e. The number of benzene rings is 2. The van der Waals surface area contributed by atoms with E-state index in [2.05, 4.69) is 27.5 Å². The molecule has 2 aromatic carbocycles. The minimum absolute atomic E-state index is 0.119. The van der Waals surface area contributed by atoms with Crippen LogP contribution in [0.5, 0.6) is 11.5 Å². The quantitative estimate of drug-likeness (QED) is 0.254. The van der Waals surface area contributed by atoms with Gasteiger partial charge in [-0.1, -0.05) is 17.9 Å². The molecule has 4 rings (SSSR count). The van der Waals surface area contributed by atoms with Gasteiger partial charge in [0.05, 0.1) is 4.90 Å². The summed E-state index contributed by atoms with van der Waals surface area (Å²) in [5.41, 5.74) is 1.82. The van der Waals surface area contributed by atoms with Gasteiger partial charge in [-0.25, -0.2) is 13.2 Å². The van der Waals surface area contributed by atoms with Crippen LogP contribution in [0.25, 0.3) is 0 Å². The second-order valence-electron chi connectivity index (χ2n) is 8.47. The van der Waals surface area contributed by atoms with Crippen LogP contribution in [0.15, 0.2) is 71.9 Å². The Kier molecular flexibility index (Phi) is 8.23. The maximum absolute atomic E-state index is 13.7. The van der Waals surface area contributed by atoms with Gasteiger partial charge >= 0.3 is 6.09 Å². The molecule has 0 spiro atoms. The van der Waals surface area contributed by atoms with Crippen LogP contribution in [0.2, 0.25) is 0 Å². The van der Waals surface area contributed by atoms with Gasteiger partial charge in [-0.3, -0.25) is 25.2 Å². The Morgan fingerprint density at radius 2 is 1.79 bits per heavy atom. The number of amides is 3. The molecule has 2 heterocycles. The van der Waals surface area contributed by atoms with E-state index in [1.807, 2.05) is 6.92 Å². The second-order valence-corrected chi connectivity index (χ2v) is 12.2. The summed E-state index contributed by atoms with van der Waals surface area (Å²) >= 11 is 0.456. The van der Waals surface area contributed by atoms with Crippen molar-refractivity contribution in [3.63, 3.8) is 0 Å². The van der Waals surface area contributed by atoms with Gasteiger partial charge in [0.25, 0.3) is 11.1 Å². The molecule has 1 saturated heterocycles. The molecule has 1 aromatic heterocycles. The summed E-state index contributed by atoms with van der Waals surface area (Å²) in [6.07, 6.45) is 2.25. The van der Waals surface area contributed by atoms with Crippen LogP contribution in [0, 0.1) is 18.8 Å². The zero-order valence-electron chi connectivity index (χ0n) is 20.6. The molecule has 3 aromatic rings. The molecule has 3 N–H and O–H groups in total. The fourth-order valence-corrected chi connectivity index (χ4v) is 7.20. The zero-order valence-corrected chi connectivity index (χ0v) is 22.3. The lowest BCUT2D eigenvalue weighted by Crippen LogP contribution is -2.43. The van der Waals surface area contributed by atoms with Gasteiger partial charge in [0.15, 0.2) is 0 Å². The van der Waals surface area contributed by atoms with Crippen LogP contribution in [-0.4, -0.2) is 39.8 Å². The van der Waals surface area contributed by atoms with Crippen molar-refractivity contribution >= 4 is 44.5 Å². The molecular formula is C27H23N3O7S2. The molecule has 12 heteroatoms. The van der Waals surface area contributed by atoms with Gasteiger partial charge in [0.2, 0.25) is 13.9 Å². The number of imide groups is 1. The Bertz CT molecular complexity index is 1580. The van der Waals surface area contributed by atoms with Crippen molar-refractivity contribution in [2.45, 2.75) is 35.2 Å². The molecule has 200 valence electrons. The van der Waals surface area contributed by atoms with Gasteiger partial charge in [-0.05, 0) is 85.6 Å². The van der Waals surface area contributed by atoms with Crippen LogP contribution in [0.3, 0.4) is 0 Å². The van der Waals surface area contributed by atoms with E-state index in [9.17, 15) is 22.8 Å². The number of carboxylic acid groups (broad SMARTS) is 1. The van der Waals surface area contributed by atoms with Crippen molar-refractivity contribution in [2.24, 2.45) is 0 Å². The van der Waals surface area contributed by atoms with Crippen molar-refractivity contribution in [2.75, 3.05) is 5.32 Å². The molecule has 0 aliphatic carbocycles. The molecule has 1 atom stereocenters. The van der Waals surface area contributed by atoms with E-state index in [1.165, 1.54) is 24.3 Å². The van der Waals surface area contributed by atoms with Gasteiger partial charge in [0, 0.05) is 30.1 Å². The second kappa shape index (κ2) is 11.6. The van der Waals surface area contributed by atoms with Crippen LogP contribution in [0.4, 0.5) is 15.3 Å². The Morgan fingerprint density at radius 1 is 1.10 bits per heavy atom. The van der Waals surface area contributed by atoms with Gasteiger partial charge < -0.3 is 9.84 Å². The highest BCUT2D eigenvalue weighted by atomic mass is 32.3. The fraction of sp³-hybridized carbons (Fsp3) is 0.185. The molecule has 1 aliphatic heterocycles. The van der Waals surface area contributed by atoms with Crippen molar-refractivity contribution in [3.05, 3.63) is 78.1 Å². The van der Waals surface area contributed by atoms with Crippen molar-refractivity contribution < 1.29 is 32.6 Å². The average molecular weight is 566 g/mol. The van der Waals surface area contributed by atoms with Crippen molar-refractivity contribution in [1.82, 2.24) is 10.3 Å². The lowest BCUT2D eigenvalue weighted by Gasteiger charge is -2.24. The summed E-state index contributed by atoms with van der Waals surface area (Å²) < 4.78 is 31.0. The largest absolute Gasteiger partial charge is 0.465 e. The third-order valence-corrected chi connectivity index (χ3v) is 9.86. The maximum atomic E-state index is 13.7. The van der Waals surface area contributed by atoms with Crippen LogP contribution < -0.4 is 15.4 Å². The number of rotatable bonds is 8. The molecule has 0 bridgehead atoms. The highest BCUT2D eigenvalue weighted by Gasteiger charge is 2.57. The summed E-state index contributed by atoms with van der Waals surface area (Å²) in [6.45, 7) is 1.83. The van der Waals surface area contributed by atoms with Crippen LogP contribution in [0.1, 0.15) is 30.4 Å². The summed E-state index contributed by atoms with van der Waals surface area (Å²) in [5.74, 6) is 5.93. The third kappa shape index (κ3) is 6.22. The van der Waals surface area contributed by atoms with E-state index in [0.717, 1.165) is 5.56 Å². The lowest BCUT2D eigenvalue weighted by molar-refractivity contribution is -0.120. The Hall–Kier alpha value is -4.34. The van der Waals surface area contributed by atoms with Crippen LogP contribution >= 0.6 is 11.8 Å². The fourth-order valence-electron chi connectivity index (χ4n) is 3.83. The van der Waals surface area contributed by atoms with E-state index in [4.69, 9.17) is 9.84 Å². The number of nitrogens with one attached hydrogen (secondary N) is 2. The average Bonchev–Trinajstić information content (AvgIpc) is 3.20. The number of pyridine rings is 1. The van der Waals surface area contributed by atoms with E-state index < -0.39 is 31.2 Å². The first-order valence-corrected chi connectivity index (χ1v) is 14.0. The number of thioether (sulfide) groups is 1. The number of unbranched alkanes of at least 4 members (excludes halogenated alkanes) is 1. The van der Waals surface area contributed by atoms with E-state index in [1.54, 1.807) is 42.7 Å². The molecular weight excluding hydrogens is 542 g/mol. The number of sulfone groups is 1. The van der Waals surface area contributed by atoms with Gasteiger partial charge in [-0.2, -0.15) is 0 Å². The maximum Gasteiger partial charge on any atom is 0.409 e. The number of nitrogens with zero attached hydrogens (tertiary/aromatic N) is 1. The first-order chi connectivity index (χ1) is 18.6. The normalized spacial score (nSPS) is 16.6. The Labute approximate surface area is 229 Å². The number of aryl methyl sites for hydroxylation is 1. The monoisotopic (exact) mass is 565 g/mol. The molecule has 0 radical (unpaired) electrons. The zero-order chi connectivity index (χ0) is 28.0. The highest BCUT2D eigenvalue weighted by molar-refractivity contribution is 8.25. The number of anilines is 1. The number of hydrogen-bond donors (Lipinski definition) is 3. The molecule has 3 amide bonds. The van der Waals surface area contributed by atoms with Gasteiger partial charge in [-0.15, -0.1) is 0 Å². The molecule has 39 heavy (non-hydrogen) atoms. The summed E-state index contributed by atoms with van der Waals surface area (Å²) in [4.78, 5) is 39.6.